The molecule has 28 heavy (non-hydrogen) atoms. The fourth-order valence-electron chi connectivity index (χ4n) is 5.15. The molecule has 3 aromatic carbocycles. The summed E-state index contributed by atoms with van der Waals surface area (Å²) in [5.74, 6) is 0.338. The van der Waals surface area contributed by atoms with E-state index in [0.717, 1.165) is 0 Å². The van der Waals surface area contributed by atoms with E-state index in [9.17, 15) is 4.79 Å². The summed E-state index contributed by atoms with van der Waals surface area (Å²) in [6.07, 6.45) is 0. The summed E-state index contributed by atoms with van der Waals surface area (Å²) in [6.45, 7) is 2.19. The molecule has 0 heterocycles. The van der Waals surface area contributed by atoms with Crippen molar-refractivity contribution in [3.8, 4) is 0 Å². The average Bonchev–Trinajstić information content (AvgIpc) is 2.70. The third-order valence-corrected chi connectivity index (χ3v) is 6.82. The van der Waals surface area contributed by atoms with Gasteiger partial charge in [-0.25, -0.2) is 0 Å². The lowest BCUT2D eigenvalue weighted by molar-refractivity contribution is -0.122. The second-order valence-corrected chi connectivity index (χ2v) is 8.56. The lowest BCUT2D eigenvalue weighted by Gasteiger charge is -2.49. The Hall–Kier alpha value is -2.29. The largest absolute Gasteiger partial charge is 0.324 e. The molecule has 0 aromatic heterocycles. The summed E-state index contributed by atoms with van der Waals surface area (Å²) in [6, 6.07) is 22.2. The van der Waals surface area contributed by atoms with Gasteiger partial charge in [-0.05, 0) is 46.4 Å². The molecule has 0 fully saturated rings. The van der Waals surface area contributed by atoms with E-state index in [1.807, 2.05) is 0 Å². The fourth-order valence-corrected chi connectivity index (χ4v) is 5.61. The van der Waals surface area contributed by atoms with Gasteiger partial charge in [0.05, 0.1) is 16.6 Å². The molecule has 6 rings (SSSR count). The van der Waals surface area contributed by atoms with E-state index >= 15 is 0 Å². The maximum absolute atomic E-state index is 13.4. The molecule has 1 amide bonds. The summed E-state index contributed by atoms with van der Waals surface area (Å²) in [5.41, 5.74) is 5.85. The summed E-state index contributed by atoms with van der Waals surface area (Å²) in [7, 11) is 0. The van der Waals surface area contributed by atoms with E-state index in [0.29, 0.717) is 15.7 Å². The van der Waals surface area contributed by atoms with Crippen molar-refractivity contribution in [3.05, 3.63) is 99.0 Å². The smallest absolute Gasteiger partial charge is 0.228 e. The highest BCUT2D eigenvalue weighted by atomic mass is 35.5. The predicted octanol–water partition coefficient (Wildman–Crippen LogP) is 6.48. The van der Waals surface area contributed by atoms with Crippen LogP contribution < -0.4 is 5.32 Å². The maximum Gasteiger partial charge on any atom is 0.228 e. The Labute approximate surface area is 174 Å². The number of hydrogen-bond acceptors (Lipinski definition) is 1. The van der Waals surface area contributed by atoms with Gasteiger partial charge in [0.2, 0.25) is 5.91 Å². The molecule has 2 bridgehead atoms. The molecule has 2 nitrogen and oxygen atoms in total. The van der Waals surface area contributed by atoms with E-state index < -0.39 is 0 Å². The van der Waals surface area contributed by atoms with Gasteiger partial charge in [-0.2, -0.15) is 0 Å². The van der Waals surface area contributed by atoms with E-state index in [2.05, 4.69) is 60.8 Å². The van der Waals surface area contributed by atoms with Crippen LogP contribution in [-0.2, 0) is 4.79 Å². The predicted molar refractivity (Wildman–Crippen MR) is 114 cm³/mol. The first-order valence-electron chi connectivity index (χ1n) is 9.50. The highest BCUT2D eigenvalue weighted by Gasteiger charge is 2.50. The average molecular weight is 408 g/mol. The van der Waals surface area contributed by atoms with Crippen LogP contribution in [0.25, 0.3) is 0 Å². The van der Waals surface area contributed by atoms with Crippen LogP contribution >= 0.6 is 23.2 Å². The molecule has 0 radical (unpaired) electrons. The molecule has 0 unspecified atom stereocenters. The topological polar surface area (TPSA) is 29.1 Å². The maximum atomic E-state index is 13.4. The zero-order valence-electron chi connectivity index (χ0n) is 15.3. The second kappa shape index (κ2) is 6.65. The van der Waals surface area contributed by atoms with Crippen molar-refractivity contribution in [2.24, 2.45) is 11.8 Å². The minimum absolute atomic E-state index is 0.00993. The molecule has 0 spiro atoms. The number of amides is 1. The molecular weight excluding hydrogens is 389 g/mol. The van der Waals surface area contributed by atoms with Crippen LogP contribution in [0, 0.1) is 11.8 Å². The Morgan fingerprint density at radius 1 is 0.821 bits per heavy atom. The summed E-state index contributed by atoms with van der Waals surface area (Å²) in [4.78, 5) is 13.4. The lowest BCUT2D eigenvalue weighted by Crippen LogP contribution is -2.44. The lowest BCUT2D eigenvalue weighted by atomic mass is 9.54. The highest BCUT2D eigenvalue weighted by Crippen LogP contribution is 2.58. The number of carbonyl (C=O) groups is 1. The number of nitrogens with one attached hydrogen (secondary N) is 1. The van der Waals surface area contributed by atoms with E-state index in [1.165, 1.54) is 22.3 Å². The number of halogens is 2. The minimum atomic E-state index is -0.151. The molecular formula is C24H19Cl2NO. The van der Waals surface area contributed by atoms with Gasteiger partial charge in [0.15, 0.2) is 0 Å². The molecule has 140 valence electrons. The summed E-state index contributed by atoms with van der Waals surface area (Å²) >= 11 is 12.3. The molecule has 0 aliphatic heterocycles. The van der Waals surface area contributed by atoms with Crippen molar-refractivity contribution < 1.29 is 4.79 Å². The van der Waals surface area contributed by atoms with Gasteiger partial charge >= 0.3 is 0 Å². The van der Waals surface area contributed by atoms with Crippen molar-refractivity contribution in [1.29, 1.82) is 0 Å². The SMILES string of the molecule is C[C@@H]1C2c3ccccc3C(c3ccccc32)[C@H]1C(=O)Nc1ccc(Cl)cc1Cl. The van der Waals surface area contributed by atoms with Crippen molar-refractivity contribution in [1.82, 2.24) is 0 Å². The van der Waals surface area contributed by atoms with Crippen LogP contribution in [0.3, 0.4) is 0 Å². The van der Waals surface area contributed by atoms with Crippen molar-refractivity contribution in [2.45, 2.75) is 18.8 Å². The number of anilines is 1. The quantitative estimate of drug-likeness (QED) is 0.517. The van der Waals surface area contributed by atoms with Crippen molar-refractivity contribution >= 4 is 34.8 Å². The molecule has 3 aliphatic carbocycles. The Morgan fingerprint density at radius 2 is 1.36 bits per heavy atom. The fraction of sp³-hybridized carbons (Fsp3) is 0.208. The molecule has 1 N–H and O–H groups in total. The van der Waals surface area contributed by atoms with E-state index in [-0.39, 0.29) is 29.6 Å². The third kappa shape index (κ3) is 2.59. The molecule has 4 heteroatoms. The van der Waals surface area contributed by atoms with Gasteiger partial charge < -0.3 is 5.32 Å². The number of rotatable bonds is 2. The van der Waals surface area contributed by atoms with Crippen LogP contribution in [0.4, 0.5) is 5.69 Å². The Bertz CT molecular complexity index is 1050. The van der Waals surface area contributed by atoms with Crippen LogP contribution in [0.1, 0.15) is 41.0 Å². The number of benzene rings is 3. The minimum Gasteiger partial charge on any atom is -0.324 e. The van der Waals surface area contributed by atoms with Gasteiger partial charge in [-0.1, -0.05) is 78.7 Å². The third-order valence-electron chi connectivity index (χ3n) is 6.28. The van der Waals surface area contributed by atoms with Gasteiger partial charge in [-0.3, -0.25) is 4.79 Å². The van der Waals surface area contributed by atoms with Gasteiger partial charge in [0.1, 0.15) is 0 Å². The molecule has 3 aromatic rings. The van der Waals surface area contributed by atoms with Crippen molar-refractivity contribution in [2.75, 3.05) is 5.32 Å². The zero-order valence-corrected chi connectivity index (χ0v) is 16.8. The van der Waals surface area contributed by atoms with Crippen molar-refractivity contribution in [3.63, 3.8) is 0 Å². The van der Waals surface area contributed by atoms with Gasteiger partial charge in [-0.15, -0.1) is 0 Å². The zero-order chi connectivity index (χ0) is 19.4. The standard InChI is InChI=1S/C24H19Cl2NO/c1-13-21-15-6-2-4-8-17(15)23(18-9-5-3-7-16(18)21)22(13)24(28)27-20-11-10-14(25)12-19(20)26/h2-13,21-23H,1H3,(H,27,28)/t13-,21?,22+,23?/m1/s1. The number of hydrogen-bond donors (Lipinski definition) is 1. The normalized spacial score (nSPS) is 24.4. The first-order chi connectivity index (χ1) is 13.6. The summed E-state index contributed by atoms with van der Waals surface area (Å²) < 4.78 is 0. The first kappa shape index (κ1) is 17.8. The molecule has 3 aliphatic rings. The van der Waals surface area contributed by atoms with E-state index in [4.69, 9.17) is 23.2 Å². The monoisotopic (exact) mass is 407 g/mol. The van der Waals surface area contributed by atoms with Crippen LogP contribution in [0.15, 0.2) is 66.7 Å². The Balaban J connectivity index is 1.59. The summed E-state index contributed by atoms with van der Waals surface area (Å²) in [5, 5.41) is 4.06. The van der Waals surface area contributed by atoms with Gasteiger partial charge in [0, 0.05) is 16.9 Å². The van der Waals surface area contributed by atoms with E-state index in [1.54, 1.807) is 18.2 Å². The van der Waals surface area contributed by atoms with Crippen LogP contribution in [0.2, 0.25) is 10.0 Å². The molecule has 0 saturated carbocycles. The Morgan fingerprint density at radius 3 is 1.89 bits per heavy atom. The number of carbonyl (C=O) groups excluding carboxylic acids is 1. The molecule has 0 saturated heterocycles. The highest BCUT2D eigenvalue weighted by molar-refractivity contribution is 6.36. The van der Waals surface area contributed by atoms with Crippen LogP contribution in [-0.4, -0.2) is 5.91 Å². The number of fused-ring (bicyclic) bond motifs is 1. The van der Waals surface area contributed by atoms with Gasteiger partial charge in [0.25, 0.3) is 0 Å². The van der Waals surface area contributed by atoms with Crippen LogP contribution in [0.5, 0.6) is 0 Å². The first-order valence-corrected chi connectivity index (χ1v) is 10.3. The second-order valence-electron chi connectivity index (χ2n) is 7.71. The Kier molecular flexibility index (Phi) is 4.22. The molecule has 2 atom stereocenters.